The molecular formula is C11H22O3S. The van der Waals surface area contributed by atoms with Crippen molar-refractivity contribution >= 4 is 9.84 Å². The van der Waals surface area contributed by atoms with Crippen molar-refractivity contribution < 1.29 is 13.5 Å². The van der Waals surface area contributed by atoms with Crippen LogP contribution in [0.25, 0.3) is 0 Å². The first-order valence-corrected chi connectivity index (χ1v) is 7.75. The summed E-state index contributed by atoms with van der Waals surface area (Å²) in [5.41, 5.74) is -0.671. The first kappa shape index (κ1) is 13.0. The third kappa shape index (κ3) is 5.52. The van der Waals surface area contributed by atoms with Crippen LogP contribution in [0, 0.1) is 5.92 Å². The highest BCUT2D eigenvalue weighted by Crippen LogP contribution is 2.35. The van der Waals surface area contributed by atoms with Gasteiger partial charge < -0.3 is 5.11 Å². The second-order valence-corrected chi connectivity index (χ2v) is 7.49. The Balaban J connectivity index is 2.22. The Kier molecular flexibility index (Phi) is 4.18. The van der Waals surface area contributed by atoms with E-state index in [0.717, 1.165) is 6.42 Å². The molecule has 1 aliphatic carbocycles. The Morgan fingerprint density at radius 1 is 1.40 bits per heavy atom. The third-order valence-corrected chi connectivity index (χ3v) is 4.21. The van der Waals surface area contributed by atoms with Gasteiger partial charge in [0.25, 0.3) is 0 Å². The quantitative estimate of drug-likeness (QED) is 0.762. The molecular weight excluding hydrogens is 212 g/mol. The second-order valence-electron chi connectivity index (χ2n) is 5.23. The van der Waals surface area contributed by atoms with Crippen LogP contribution in [0.4, 0.5) is 0 Å². The van der Waals surface area contributed by atoms with E-state index < -0.39 is 15.4 Å². The van der Waals surface area contributed by atoms with Crippen molar-refractivity contribution in [3.8, 4) is 0 Å². The summed E-state index contributed by atoms with van der Waals surface area (Å²) in [7, 11) is -2.88. The summed E-state index contributed by atoms with van der Waals surface area (Å²) < 4.78 is 21.9. The van der Waals surface area contributed by atoms with Gasteiger partial charge in [-0.3, -0.25) is 0 Å². The summed E-state index contributed by atoms with van der Waals surface area (Å²) in [4.78, 5) is 0. The molecule has 0 amide bonds. The zero-order valence-electron chi connectivity index (χ0n) is 9.70. The molecule has 1 rings (SSSR count). The molecule has 0 saturated heterocycles. The van der Waals surface area contributed by atoms with E-state index in [0.29, 0.717) is 18.8 Å². The Bertz CT molecular complexity index is 289. The van der Waals surface area contributed by atoms with Crippen LogP contribution in [0.5, 0.6) is 0 Å². The van der Waals surface area contributed by atoms with Gasteiger partial charge in [-0.1, -0.05) is 19.3 Å². The average molecular weight is 234 g/mol. The van der Waals surface area contributed by atoms with Crippen LogP contribution in [-0.4, -0.2) is 31.1 Å². The predicted octanol–water partition coefficient (Wildman–Crippen LogP) is 1.75. The molecule has 1 fully saturated rings. The van der Waals surface area contributed by atoms with Crippen molar-refractivity contribution in [3.05, 3.63) is 0 Å². The maximum atomic E-state index is 10.9. The molecule has 0 aliphatic heterocycles. The summed E-state index contributed by atoms with van der Waals surface area (Å²) in [6.45, 7) is 1.83. The molecule has 0 aromatic heterocycles. The Labute approximate surface area is 92.8 Å². The van der Waals surface area contributed by atoms with Gasteiger partial charge in [0.15, 0.2) is 0 Å². The number of rotatable bonds is 6. The van der Waals surface area contributed by atoms with Gasteiger partial charge in [0.05, 0.1) is 5.60 Å². The molecule has 0 aromatic rings. The van der Waals surface area contributed by atoms with Gasteiger partial charge in [-0.15, -0.1) is 0 Å². The summed E-state index contributed by atoms with van der Waals surface area (Å²) in [5, 5.41) is 10.1. The molecule has 0 bridgehead atoms. The van der Waals surface area contributed by atoms with Gasteiger partial charge in [0, 0.05) is 12.0 Å². The molecule has 4 heteroatoms. The van der Waals surface area contributed by atoms with Crippen LogP contribution in [0.3, 0.4) is 0 Å². The normalized spacial score (nSPS) is 22.1. The monoisotopic (exact) mass is 234 g/mol. The van der Waals surface area contributed by atoms with Crippen molar-refractivity contribution in [1.29, 1.82) is 0 Å². The standard InChI is InChI=1S/C11H22O3S/c1-11(12,9-10-5-3-6-10)7-4-8-15(2,13)14/h10,12H,3-9H2,1-2H3. The maximum absolute atomic E-state index is 10.9. The van der Waals surface area contributed by atoms with E-state index in [-0.39, 0.29) is 5.75 Å². The van der Waals surface area contributed by atoms with E-state index in [2.05, 4.69) is 0 Å². The summed E-state index contributed by atoms with van der Waals surface area (Å²) in [6.07, 6.45) is 6.97. The number of sulfone groups is 1. The van der Waals surface area contributed by atoms with Gasteiger partial charge in [-0.25, -0.2) is 8.42 Å². The Hall–Kier alpha value is -0.0900. The highest BCUT2D eigenvalue weighted by Gasteiger charge is 2.28. The van der Waals surface area contributed by atoms with Gasteiger partial charge in [-0.05, 0) is 32.1 Å². The van der Waals surface area contributed by atoms with Crippen LogP contribution in [-0.2, 0) is 9.84 Å². The number of aliphatic hydroxyl groups is 1. The van der Waals surface area contributed by atoms with Crippen molar-refractivity contribution in [2.75, 3.05) is 12.0 Å². The molecule has 90 valence electrons. The maximum Gasteiger partial charge on any atom is 0.147 e. The number of hydrogen-bond acceptors (Lipinski definition) is 3. The SMILES string of the molecule is CC(O)(CCCS(C)(=O)=O)CC1CCC1. The molecule has 0 heterocycles. The first-order chi connectivity index (χ1) is 6.79. The Morgan fingerprint density at radius 3 is 2.40 bits per heavy atom. The lowest BCUT2D eigenvalue weighted by Crippen LogP contribution is -2.30. The minimum absolute atomic E-state index is 0.188. The van der Waals surface area contributed by atoms with Crippen molar-refractivity contribution in [3.63, 3.8) is 0 Å². The summed E-state index contributed by atoms with van der Waals surface area (Å²) >= 11 is 0. The van der Waals surface area contributed by atoms with Gasteiger partial charge in [0.1, 0.15) is 9.84 Å². The van der Waals surface area contributed by atoms with Crippen molar-refractivity contribution in [2.45, 2.75) is 51.0 Å². The van der Waals surface area contributed by atoms with E-state index in [1.807, 2.05) is 6.92 Å². The van der Waals surface area contributed by atoms with Crippen LogP contribution in [0.2, 0.25) is 0 Å². The summed E-state index contributed by atoms with van der Waals surface area (Å²) in [5.74, 6) is 0.853. The van der Waals surface area contributed by atoms with E-state index in [9.17, 15) is 13.5 Å². The highest BCUT2D eigenvalue weighted by molar-refractivity contribution is 7.90. The molecule has 15 heavy (non-hydrogen) atoms. The predicted molar refractivity (Wildman–Crippen MR) is 61.5 cm³/mol. The molecule has 1 saturated carbocycles. The molecule has 0 spiro atoms. The first-order valence-electron chi connectivity index (χ1n) is 5.69. The lowest BCUT2D eigenvalue weighted by molar-refractivity contribution is 0.0121. The van der Waals surface area contributed by atoms with Crippen LogP contribution >= 0.6 is 0 Å². The van der Waals surface area contributed by atoms with Gasteiger partial charge in [0.2, 0.25) is 0 Å². The fraction of sp³-hybridized carbons (Fsp3) is 1.00. The Morgan fingerprint density at radius 2 is 2.00 bits per heavy atom. The van der Waals surface area contributed by atoms with Gasteiger partial charge in [-0.2, -0.15) is 0 Å². The van der Waals surface area contributed by atoms with E-state index in [1.165, 1.54) is 25.5 Å². The number of hydrogen-bond donors (Lipinski definition) is 1. The summed E-state index contributed by atoms with van der Waals surface area (Å²) in [6, 6.07) is 0. The topological polar surface area (TPSA) is 54.4 Å². The molecule has 3 nitrogen and oxygen atoms in total. The average Bonchev–Trinajstić information content (AvgIpc) is 1.94. The third-order valence-electron chi connectivity index (χ3n) is 3.18. The molecule has 1 atom stereocenters. The highest BCUT2D eigenvalue weighted by atomic mass is 32.2. The van der Waals surface area contributed by atoms with Gasteiger partial charge >= 0.3 is 0 Å². The molecule has 1 unspecified atom stereocenters. The fourth-order valence-corrected chi connectivity index (χ4v) is 2.80. The molecule has 0 aromatic carbocycles. The van der Waals surface area contributed by atoms with Crippen LogP contribution in [0.15, 0.2) is 0 Å². The zero-order valence-corrected chi connectivity index (χ0v) is 10.5. The fourth-order valence-electron chi connectivity index (χ4n) is 2.14. The molecule has 1 aliphatic rings. The van der Waals surface area contributed by atoms with Crippen LogP contribution < -0.4 is 0 Å². The zero-order chi connectivity index (χ0) is 11.5. The lowest BCUT2D eigenvalue weighted by atomic mass is 9.77. The van der Waals surface area contributed by atoms with Crippen molar-refractivity contribution in [2.24, 2.45) is 5.92 Å². The van der Waals surface area contributed by atoms with Crippen molar-refractivity contribution in [1.82, 2.24) is 0 Å². The minimum atomic E-state index is -2.88. The molecule has 1 N–H and O–H groups in total. The second kappa shape index (κ2) is 4.83. The van der Waals surface area contributed by atoms with E-state index in [1.54, 1.807) is 0 Å². The molecule has 0 radical (unpaired) electrons. The van der Waals surface area contributed by atoms with E-state index >= 15 is 0 Å². The smallest absolute Gasteiger partial charge is 0.147 e. The lowest BCUT2D eigenvalue weighted by Gasteiger charge is -2.33. The van der Waals surface area contributed by atoms with Crippen LogP contribution in [0.1, 0.15) is 45.4 Å². The minimum Gasteiger partial charge on any atom is -0.390 e. The van der Waals surface area contributed by atoms with E-state index in [4.69, 9.17) is 0 Å². The largest absolute Gasteiger partial charge is 0.390 e.